The van der Waals surface area contributed by atoms with Crippen LogP contribution in [-0.2, 0) is 11.2 Å². The van der Waals surface area contributed by atoms with Gasteiger partial charge in [0.25, 0.3) is 5.91 Å². The molecule has 190 valence electrons. The summed E-state index contributed by atoms with van der Waals surface area (Å²) in [4.78, 5) is 38.0. The number of benzene rings is 1. The third kappa shape index (κ3) is 7.64. The molecule has 11 nitrogen and oxygen atoms in total. The summed E-state index contributed by atoms with van der Waals surface area (Å²) < 4.78 is 5.32. The molecule has 11 heteroatoms. The molecule has 2 aromatic heterocycles. The van der Waals surface area contributed by atoms with Crippen molar-refractivity contribution < 1.29 is 14.3 Å². The number of likely N-dealkylation sites (N-methyl/N-ethyl adjacent to an activating group) is 1. The van der Waals surface area contributed by atoms with Crippen molar-refractivity contribution >= 4 is 35.0 Å². The average molecular weight is 493 g/mol. The van der Waals surface area contributed by atoms with Crippen molar-refractivity contribution in [2.24, 2.45) is 0 Å². The Bertz CT molecular complexity index is 1160. The van der Waals surface area contributed by atoms with E-state index in [1.165, 1.54) is 13.3 Å². The van der Waals surface area contributed by atoms with Crippen molar-refractivity contribution in [2.45, 2.75) is 19.8 Å². The Kier molecular flexibility index (Phi) is 9.95. The number of methoxy groups -OCH3 is 1. The maximum atomic E-state index is 13.1. The Morgan fingerprint density at radius 1 is 1.03 bits per heavy atom. The van der Waals surface area contributed by atoms with Gasteiger partial charge in [-0.15, -0.1) is 0 Å². The van der Waals surface area contributed by atoms with Gasteiger partial charge < -0.3 is 31.3 Å². The van der Waals surface area contributed by atoms with Gasteiger partial charge in [0, 0.05) is 37.4 Å². The average Bonchev–Trinajstić information content (AvgIpc) is 2.88. The van der Waals surface area contributed by atoms with Crippen LogP contribution in [0.3, 0.4) is 0 Å². The molecule has 2 amide bonds. The van der Waals surface area contributed by atoms with Gasteiger partial charge in [-0.1, -0.05) is 6.92 Å². The van der Waals surface area contributed by atoms with Gasteiger partial charge in [0.1, 0.15) is 17.1 Å². The van der Waals surface area contributed by atoms with Crippen molar-refractivity contribution in [2.75, 3.05) is 55.1 Å². The Balaban J connectivity index is 1.73. The fraction of sp³-hybridized carbons (Fsp3) is 0.320. The first kappa shape index (κ1) is 26.4. The fourth-order valence-corrected chi connectivity index (χ4v) is 3.32. The minimum atomic E-state index is -0.380. The monoisotopic (exact) mass is 492 g/mol. The third-order valence-corrected chi connectivity index (χ3v) is 5.09. The lowest BCUT2D eigenvalue weighted by Crippen LogP contribution is -2.25. The van der Waals surface area contributed by atoms with Crippen LogP contribution >= 0.6 is 0 Å². The standard InChI is InChI=1S/C25H32N8O3/c1-4-10-28-23-19(15-30-25(33-23)29-13-9-17-7-11-27-12-8-17)24(35)31-18-5-6-21(36-3)20(14-18)32-22(34)16-26-2/h5-8,11-12,14-15,26H,4,9-10,13,16H2,1-3H3,(H,31,35)(H,32,34)(H2,28,29,30,33). The molecule has 0 unspecified atom stereocenters. The van der Waals surface area contributed by atoms with E-state index >= 15 is 0 Å². The molecule has 3 rings (SSSR count). The molecule has 0 spiro atoms. The van der Waals surface area contributed by atoms with E-state index in [9.17, 15) is 9.59 Å². The van der Waals surface area contributed by atoms with E-state index in [4.69, 9.17) is 4.74 Å². The number of pyridine rings is 1. The lowest BCUT2D eigenvalue weighted by molar-refractivity contribution is -0.115. The highest BCUT2D eigenvalue weighted by Crippen LogP contribution is 2.28. The van der Waals surface area contributed by atoms with Gasteiger partial charge in [-0.3, -0.25) is 14.6 Å². The number of carbonyl (C=O) groups is 2. The molecule has 0 saturated heterocycles. The smallest absolute Gasteiger partial charge is 0.260 e. The van der Waals surface area contributed by atoms with Gasteiger partial charge in [-0.25, -0.2) is 4.98 Å². The van der Waals surface area contributed by atoms with E-state index in [1.54, 1.807) is 37.6 Å². The molecular weight excluding hydrogens is 460 g/mol. The molecule has 0 aliphatic carbocycles. The zero-order valence-corrected chi connectivity index (χ0v) is 20.7. The normalized spacial score (nSPS) is 10.4. The zero-order valence-electron chi connectivity index (χ0n) is 20.7. The van der Waals surface area contributed by atoms with E-state index in [0.717, 1.165) is 18.4 Å². The van der Waals surface area contributed by atoms with Crippen LogP contribution in [0.25, 0.3) is 0 Å². The second kappa shape index (κ2) is 13.6. The molecule has 3 aromatic rings. The Morgan fingerprint density at radius 2 is 1.83 bits per heavy atom. The summed E-state index contributed by atoms with van der Waals surface area (Å²) in [6.45, 7) is 3.46. The molecule has 5 N–H and O–H groups in total. The second-order valence-electron chi connectivity index (χ2n) is 7.86. The Labute approximate surface area is 210 Å². The van der Waals surface area contributed by atoms with Crippen molar-refractivity contribution in [1.82, 2.24) is 20.3 Å². The number of hydrogen-bond donors (Lipinski definition) is 5. The van der Waals surface area contributed by atoms with Gasteiger partial charge in [0.05, 0.1) is 19.3 Å². The van der Waals surface area contributed by atoms with E-state index < -0.39 is 0 Å². The minimum absolute atomic E-state index is 0.145. The number of nitrogens with zero attached hydrogens (tertiary/aromatic N) is 3. The van der Waals surface area contributed by atoms with E-state index in [1.807, 2.05) is 19.1 Å². The summed E-state index contributed by atoms with van der Waals surface area (Å²) >= 11 is 0. The molecule has 0 bridgehead atoms. The molecule has 0 radical (unpaired) electrons. The summed E-state index contributed by atoms with van der Waals surface area (Å²) in [6, 6.07) is 8.92. The number of nitrogens with one attached hydrogen (secondary N) is 5. The van der Waals surface area contributed by atoms with Crippen LogP contribution in [0.2, 0.25) is 0 Å². The largest absolute Gasteiger partial charge is 0.495 e. The summed E-state index contributed by atoms with van der Waals surface area (Å²) in [5.74, 6) is 0.735. The minimum Gasteiger partial charge on any atom is -0.495 e. The molecule has 1 aromatic carbocycles. The van der Waals surface area contributed by atoms with Crippen LogP contribution < -0.4 is 31.3 Å². The number of ether oxygens (including phenoxy) is 1. The predicted molar refractivity (Wildman–Crippen MR) is 141 cm³/mol. The SMILES string of the molecule is CCCNc1nc(NCCc2ccncc2)ncc1C(=O)Nc1ccc(OC)c(NC(=O)CNC)c1. The number of carbonyl (C=O) groups excluding carboxylic acids is 2. The topological polar surface area (TPSA) is 142 Å². The van der Waals surface area contributed by atoms with Crippen LogP contribution in [0.15, 0.2) is 48.9 Å². The summed E-state index contributed by atoms with van der Waals surface area (Å²) in [5, 5.41) is 14.8. The van der Waals surface area contributed by atoms with Crippen LogP contribution in [-0.4, -0.2) is 60.6 Å². The van der Waals surface area contributed by atoms with Gasteiger partial charge in [-0.05, 0) is 55.8 Å². The molecule has 36 heavy (non-hydrogen) atoms. The molecule has 0 aliphatic rings. The van der Waals surface area contributed by atoms with Crippen LogP contribution in [0, 0.1) is 0 Å². The number of amides is 2. The lowest BCUT2D eigenvalue weighted by atomic mass is 10.2. The van der Waals surface area contributed by atoms with Gasteiger partial charge >= 0.3 is 0 Å². The fourth-order valence-electron chi connectivity index (χ4n) is 3.32. The number of anilines is 4. The molecular formula is C25H32N8O3. The van der Waals surface area contributed by atoms with Gasteiger partial charge in [0.2, 0.25) is 11.9 Å². The van der Waals surface area contributed by atoms with Crippen LogP contribution in [0.1, 0.15) is 29.3 Å². The van der Waals surface area contributed by atoms with Crippen molar-refractivity contribution in [3.8, 4) is 5.75 Å². The van der Waals surface area contributed by atoms with E-state index in [-0.39, 0.29) is 18.4 Å². The highest BCUT2D eigenvalue weighted by Gasteiger charge is 2.16. The number of aromatic nitrogens is 3. The second-order valence-corrected chi connectivity index (χ2v) is 7.86. The molecule has 2 heterocycles. The van der Waals surface area contributed by atoms with Crippen molar-refractivity contribution in [3.63, 3.8) is 0 Å². The number of hydrogen-bond acceptors (Lipinski definition) is 9. The van der Waals surface area contributed by atoms with Crippen LogP contribution in [0.4, 0.5) is 23.1 Å². The maximum Gasteiger partial charge on any atom is 0.260 e. The van der Waals surface area contributed by atoms with Crippen LogP contribution in [0.5, 0.6) is 5.75 Å². The Morgan fingerprint density at radius 3 is 2.56 bits per heavy atom. The van der Waals surface area contributed by atoms with E-state index in [2.05, 4.69) is 41.5 Å². The maximum absolute atomic E-state index is 13.1. The number of rotatable bonds is 13. The summed E-state index contributed by atoms with van der Waals surface area (Å²) in [6.07, 6.45) is 6.66. The van der Waals surface area contributed by atoms with Gasteiger partial charge in [-0.2, -0.15) is 4.98 Å². The predicted octanol–water partition coefficient (Wildman–Crippen LogP) is 2.77. The first-order valence-electron chi connectivity index (χ1n) is 11.7. The summed E-state index contributed by atoms with van der Waals surface area (Å²) in [7, 11) is 3.19. The lowest BCUT2D eigenvalue weighted by Gasteiger charge is -2.15. The molecule has 0 saturated carbocycles. The molecule has 0 fully saturated rings. The first-order valence-corrected chi connectivity index (χ1v) is 11.7. The summed E-state index contributed by atoms with van der Waals surface area (Å²) in [5.41, 5.74) is 2.39. The zero-order chi connectivity index (χ0) is 25.8. The first-order chi connectivity index (χ1) is 17.5. The third-order valence-electron chi connectivity index (χ3n) is 5.09. The quantitative estimate of drug-likeness (QED) is 0.243. The van der Waals surface area contributed by atoms with Crippen molar-refractivity contribution in [3.05, 3.63) is 60.0 Å². The highest BCUT2D eigenvalue weighted by molar-refractivity contribution is 6.08. The molecule has 0 atom stereocenters. The Hall–Kier alpha value is -4.25. The molecule has 0 aliphatic heterocycles. The van der Waals surface area contributed by atoms with Crippen molar-refractivity contribution in [1.29, 1.82) is 0 Å². The highest BCUT2D eigenvalue weighted by atomic mass is 16.5. The van der Waals surface area contributed by atoms with E-state index in [0.29, 0.717) is 47.5 Å². The van der Waals surface area contributed by atoms with Gasteiger partial charge in [0.15, 0.2) is 0 Å².